The van der Waals surface area contributed by atoms with Crippen molar-refractivity contribution in [2.24, 2.45) is 0 Å². The Morgan fingerprint density at radius 3 is 2.47 bits per heavy atom. The van der Waals surface area contributed by atoms with Crippen molar-refractivity contribution in [3.05, 3.63) is 102 Å². The highest BCUT2D eigenvalue weighted by molar-refractivity contribution is 7.92. The smallest absolute Gasteiger partial charge is 0.264 e. The number of nitrogens with zero attached hydrogens (tertiary/aromatic N) is 2. The minimum Gasteiger partial charge on any atom is -0.308 e. The first-order chi connectivity index (χ1) is 16.4. The molecule has 6 heteroatoms. The second-order valence-electron chi connectivity index (χ2n) is 8.56. The van der Waals surface area contributed by atoms with Crippen LogP contribution in [0.15, 0.2) is 95.9 Å². The first-order valence-corrected chi connectivity index (χ1v) is 12.9. The monoisotopic (exact) mass is 470 g/mol. The van der Waals surface area contributed by atoms with Crippen molar-refractivity contribution in [3.63, 3.8) is 0 Å². The van der Waals surface area contributed by atoms with Gasteiger partial charge in [-0.3, -0.25) is 9.10 Å². The lowest BCUT2D eigenvalue weighted by Gasteiger charge is -2.25. The minimum absolute atomic E-state index is 0.121. The van der Waals surface area contributed by atoms with Gasteiger partial charge in [0.05, 0.1) is 16.3 Å². The van der Waals surface area contributed by atoms with Crippen LogP contribution in [0.1, 0.15) is 29.8 Å². The Kier molecular flexibility index (Phi) is 5.62. The highest BCUT2D eigenvalue weighted by Crippen LogP contribution is 2.37. The summed E-state index contributed by atoms with van der Waals surface area (Å²) in [7, 11) is -3.83. The average molecular weight is 471 g/mol. The van der Waals surface area contributed by atoms with E-state index in [0.29, 0.717) is 24.2 Å². The Morgan fingerprint density at radius 2 is 1.65 bits per heavy atom. The molecule has 172 valence electrons. The molecule has 0 saturated carbocycles. The summed E-state index contributed by atoms with van der Waals surface area (Å²) in [4.78, 5) is 15.4. The van der Waals surface area contributed by atoms with Gasteiger partial charge in [0.1, 0.15) is 0 Å². The van der Waals surface area contributed by atoms with Crippen LogP contribution >= 0.6 is 0 Å². The molecule has 1 heterocycles. The molecule has 1 aliphatic rings. The Hall–Kier alpha value is -3.64. The van der Waals surface area contributed by atoms with Crippen molar-refractivity contribution in [3.8, 4) is 0 Å². The number of rotatable bonds is 5. The van der Waals surface area contributed by atoms with Crippen molar-refractivity contribution in [1.29, 1.82) is 0 Å². The van der Waals surface area contributed by atoms with E-state index < -0.39 is 10.0 Å². The summed E-state index contributed by atoms with van der Waals surface area (Å²) in [6, 6.07) is 27.6. The summed E-state index contributed by atoms with van der Waals surface area (Å²) in [5.74, 6) is -0.231. The Balaban J connectivity index is 1.53. The highest BCUT2D eigenvalue weighted by atomic mass is 32.2. The van der Waals surface area contributed by atoms with Crippen LogP contribution in [0.3, 0.4) is 0 Å². The lowest BCUT2D eigenvalue weighted by molar-refractivity contribution is 0.0988. The second-order valence-corrected chi connectivity index (χ2v) is 10.4. The molecule has 0 saturated heterocycles. The van der Waals surface area contributed by atoms with Crippen molar-refractivity contribution >= 4 is 38.1 Å². The molecule has 0 N–H and O–H groups in total. The lowest BCUT2D eigenvalue weighted by atomic mass is 10.1. The quantitative estimate of drug-likeness (QED) is 0.379. The molecule has 34 heavy (non-hydrogen) atoms. The van der Waals surface area contributed by atoms with Gasteiger partial charge in [-0.2, -0.15) is 0 Å². The van der Waals surface area contributed by atoms with Crippen LogP contribution < -0.4 is 9.21 Å². The normalized spacial score (nSPS) is 15.4. The van der Waals surface area contributed by atoms with Gasteiger partial charge in [-0.05, 0) is 61.5 Å². The SMILES string of the molecule is CCN(C(=O)c1cccc(S(=O)(=O)N2c3ccccc3C[C@@H]2C)c1)c1cccc2ccccc12. The molecule has 1 atom stereocenters. The number of sulfonamides is 1. The van der Waals surface area contributed by atoms with E-state index in [4.69, 9.17) is 0 Å². The standard InChI is InChI=1S/C28H26N2O3S/c1-3-29(27-17-9-12-21-10-4-6-15-25(21)27)28(31)23-13-8-14-24(19-23)34(32,33)30-20(2)18-22-11-5-7-16-26(22)30/h4-17,19-20H,3,18H2,1-2H3/t20-/m0/s1. The zero-order valence-corrected chi connectivity index (χ0v) is 20.0. The topological polar surface area (TPSA) is 57.7 Å². The van der Waals surface area contributed by atoms with Crippen molar-refractivity contribution in [2.75, 3.05) is 15.7 Å². The van der Waals surface area contributed by atoms with Gasteiger partial charge in [-0.1, -0.05) is 60.7 Å². The van der Waals surface area contributed by atoms with Gasteiger partial charge in [-0.15, -0.1) is 0 Å². The van der Waals surface area contributed by atoms with E-state index in [1.54, 1.807) is 23.1 Å². The van der Waals surface area contributed by atoms with E-state index >= 15 is 0 Å². The third kappa shape index (κ3) is 3.64. The molecule has 4 aromatic rings. The largest absolute Gasteiger partial charge is 0.308 e. The molecule has 0 radical (unpaired) electrons. The number of hydrogen-bond donors (Lipinski definition) is 0. The van der Waals surface area contributed by atoms with Gasteiger partial charge < -0.3 is 4.90 Å². The number of para-hydroxylation sites is 1. The molecule has 0 fully saturated rings. The molecule has 4 aromatic carbocycles. The van der Waals surface area contributed by atoms with Gasteiger partial charge in [0, 0.05) is 23.5 Å². The van der Waals surface area contributed by atoms with Gasteiger partial charge in [0.25, 0.3) is 15.9 Å². The fourth-order valence-electron chi connectivity index (χ4n) is 4.83. The molecule has 1 amide bonds. The summed E-state index contributed by atoms with van der Waals surface area (Å²) < 4.78 is 28.8. The molecule has 5 rings (SSSR count). The average Bonchev–Trinajstić information content (AvgIpc) is 3.21. The van der Waals surface area contributed by atoms with Gasteiger partial charge in [0.2, 0.25) is 0 Å². The van der Waals surface area contributed by atoms with Crippen LogP contribution in [0, 0.1) is 0 Å². The van der Waals surface area contributed by atoms with Crippen molar-refractivity contribution in [1.82, 2.24) is 0 Å². The summed E-state index contributed by atoms with van der Waals surface area (Å²) in [5.41, 5.74) is 2.87. The van der Waals surface area contributed by atoms with Crippen molar-refractivity contribution in [2.45, 2.75) is 31.2 Å². The first kappa shape index (κ1) is 22.2. The number of carbonyl (C=O) groups is 1. The zero-order chi connectivity index (χ0) is 23.9. The molecule has 1 aliphatic heterocycles. The van der Waals surface area contributed by atoms with Crippen LogP contribution in [0.4, 0.5) is 11.4 Å². The van der Waals surface area contributed by atoms with E-state index in [9.17, 15) is 13.2 Å². The van der Waals surface area contributed by atoms with Crippen LogP contribution in [0.25, 0.3) is 10.8 Å². The molecule has 0 unspecified atom stereocenters. The predicted molar refractivity (Wildman–Crippen MR) is 137 cm³/mol. The van der Waals surface area contributed by atoms with Crippen LogP contribution in [0.2, 0.25) is 0 Å². The van der Waals surface area contributed by atoms with Gasteiger partial charge in [-0.25, -0.2) is 8.42 Å². The fourth-order valence-corrected chi connectivity index (χ4v) is 6.57. The Labute approximate surface area is 200 Å². The van der Waals surface area contributed by atoms with Crippen LogP contribution in [0.5, 0.6) is 0 Å². The number of amides is 1. The first-order valence-electron chi connectivity index (χ1n) is 11.4. The molecular weight excluding hydrogens is 444 g/mol. The van der Waals surface area contributed by atoms with E-state index in [2.05, 4.69) is 0 Å². The molecule has 0 spiro atoms. The van der Waals surface area contributed by atoms with Crippen LogP contribution in [-0.4, -0.2) is 26.9 Å². The Bertz CT molecular complexity index is 1490. The lowest BCUT2D eigenvalue weighted by Crippen LogP contribution is -2.36. The maximum Gasteiger partial charge on any atom is 0.264 e. The fraction of sp³-hybridized carbons (Fsp3) is 0.179. The van der Waals surface area contributed by atoms with E-state index in [1.165, 1.54) is 10.4 Å². The number of carbonyl (C=O) groups excluding carboxylic acids is 1. The molecule has 0 bridgehead atoms. The van der Waals surface area contributed by atoms with Gasteiger partial charge >= 0.3 is 0 Å². The summed E-state index contributed by atoms with van der Waals surface area (Å²) >= 11 is 0. The predicted octanol–water partition coefficient (Wildman–Crippen LogP) is 5.65. The highest BCUT2D eigenvalue weighted by Gasteiger charge is 2.36. The third-order valence-electron chi connectivity index (χ3n) is 6.40. The summed E-state index contributed by atoms with van der Waals surface area (Å²) in [5, 5.41) is 2.02. The zero-order valence-electron chi connectivity index (χ0n) is 19.2. The van der Waals surface area contributed by atoms with E-state index in [1.807, 2.05) is 80.6 Å². The third-order valence-corrected chi connectivity index (χ3v) is 8.33. The summed E-state index contributed by atoms with van der Waals surface area (Å²) in [6.45, 7) is 4.29. The maximum absolute atomic E-state index is 13.7. The number of anilines is 2. The second kappa shape index (κ2) is 8.61. The molecule has 5 nitrogen and oxygen atoms in total. The van der Waals surface area contributed by atoms with E-state index in [0.717, 1.165) is 22.0 Å². The summed E-state index contributed by atoms with van der Waals surface area (Å²) in [6.07, 6.45) is 0.665. The van der Waals surface area contributed by atoms with Crippen molar-refractivity contribution < 1.29 is 13.2 Å². The molecule has 0 aliphatic carbocycles. The van der Waals surface area contributed by atoms with Crippen LogP contribution in [-0.2, 0) is 16.4 Å². The minimum atomic E-state index is -3.83. The van der Waals surface area contributed by atoms with E-state index in [-0.39, 0.29) is 16.8 Å². The molecule has 0 aromatic heterocycles. The Morgan fingerprint density at radius 1 is 0.941 bits per heavy atom. The number of fused-ring (bicyclic) bond motifs is 2. The number of benzene rings is 4. The number of hydrogen-bond acceptors (Lipinski definition) is 3. The van der Waals surface area contributed by atoms with Gasteiger partial charge in [0.15, 0.2) is 0 Å². The molecular formula is C28H26N2O3S. The maximum atomic E-state index is 13.7.